The first-order valence-corrected chi connectivity index (χ1v) is 6.27. The van der Waals surface area contributed by atoms with Gasteiger partial charge >= 0.3 is 5.97 Å². The molecule has 20 heavy (non-hydrogen) atoms. The minimum absolute atomic E-state index is 0.0472. The lowest BCUT2D eigenvalue weighted by molar-refractivity contribution is -0.384. The molecule has 8 heteroatoms. The summed E-state index contributed by atoms with van der Waals surface area (Å²) in [7, 11) is 0. The molecule has 1 saturated heterocycles. The number of benzene rings is 1. The predicted octanol–water partition coefficient (Wildman–Crippen LogP) is 1.94. The zero-order valence-corrected chi connectivity index (χ0v) is 11.0. The third-order valence-electron chi connectivity index (χ3n) is 3.19. The predicted molar refractivity (Wildman–Crippen MR) is 69.8 cm³/mol. The monoisotopic (exact) mass is 298 g/mol. The fourth-order valence-corrected chi connectivity index (χ4v) is 2.41. The van der Waals surface area contributed by atoms with Gasteiger partial charge < -0.3 is 10.0 Å². The molecule has 0 aromatic heterocycles. The first kappa shape index (κ1) is 14.3. The SMILES string of the molecule is O=C(O)[C@@H]1CCCN1C(=O)c1cc([N+](=O)[O-])ccc1Cl. The lowest BCUT2D eigenvalue weighted by atomic mass is 10.1. The Hall–Kier alpha value is -2.15. The number of halogens is 1. The Morgan fingerprint density at radius 2 is 2.15 bits per heavy atom. The number of amides is 1. The number of rotatable bonds is 3. The summed E-state index contributed by atoms with van der Waals surface area (Å²) in [5.41, 5.74) is -0.308. The second-order valence-electron chi connectivity index (χ2n) is 4.42. The molecular weight excluding hydrogens is 288 g/mol. The normalized spacial score (nSPS) is 18.1. The maximum absolute atomic E-state index is 12.3. The summed E-state index contributed by atoms with van der Waals surface area (Å²) in [6.07, 6.45) is 0.947. The van der Waals surface area contributed by atoms with Crippen molar-refractivity contribution >= 4 is 29.2 Å². The van der Waals surface area contributed by atoms with Gasteiger partial charge in [-0.25, -0.2) is 4.79 Å². The summed E-state index contributed by atoms with van der Waals surface area (Å²) in [5.74, 6) is -1.68. The summed E-state index contributed by atoms with van der Waals surface area (Å²) in [6, 6.07) is 2.62. The van der Waals surface area contributed by atoms with Gasteiger partial charge in [0.15, 0.2) is 0 Å². The number of nitro benzene ring substituents is 1. The molecule has 7 nitrogen and oxygen atoms in total. The van der Waals surface area contributed by atoms with E-state index in [2.05, 4.69) is 0 Å². The summed E-state index contributed by atoms with van der Waals surface area (Å²) in [4.78, 5) is 34.7. The van der Waals surface area contributed by atoms with Crippen molar-refractivity contribution in [1.82, 2.24) is 4.90 Å². The van der Waals surface area contributed by atoms with Crippen molar-refractivity contribution in [3.05, 3.63) is 38.9 Å². The Labute approximate surface area is 118 Å². The van der Waals surface area contributed by atoms with Crippen molar-refractivity contribution in [2.24, 2.45) is 0 Å². The van der Waals surface area contributed by atoms with Crippen molar-refractivity contribution in [1.29, 1.82) is 0 Å². The fourth-order valence-electron chi connectivity index (χ4n) is 2.21. The molecule has 0 spiro atoms. The van der Waals surface area contributed by atoms with Crippen LogP contribution in [0, 0.1) is 10.1 Å². The molecule has 106 valence electrons. The number of likely N-dealkylation sites (tertiary alicyclic amines) is 1. The molecule has 0 unspecified atom stereocenters. The standard InChI is InChI=1S/C12H11ClN2O5/c13-9-4-3-7(15(19)20)6-8(9)11(16)14-5-1-2-10(14)12(17)18/h3-4,6,10H,1-2,5H2,(H,17,18)/t10-/m0/s1. The van der Waals surface area contributed by atoms with Crippen molar-refractivity contribution in [2.45, 2.75) is 18.9 Å². The van der Waals surface area contributed by atoms with Gasteiger partial charge in [-0.15, -0.1) is 0 Å². The molecule has 1 aromatic carbocycles. The van der Waals surface area contributed by atoms with E-state index in [-0.39, 0.29) is 16.3 Å². The lowest BCUT2D eigenvalue weighted by Crippen LogP contribution is -2.40. The second-order valence-corrected chi connectivity index (χ2v) is 4.82. The number of aliphatic carboxylic acids is 1. The molecule has 1 fully saturated rings. The highest BCUT2D eigenvalue weighted by molar-refractivity contribution is 6.34. The summed E-state index contributed by atoms with van der Waals surface area (Å²) in [6.45, 7) is 0.300. The number of hydrogen-bond donors (Lipinski definition) is 1. The van der Waals surface area contributed by atoms with E-state index in [1.165, 1.54) is 17.0 Å². The quantitative estimate of drug-likeness (QED) is 0.679. The molecule has 2 rings (SSSR count). The maximum atomic E-state index is 12.3. The highest BCUT2D eigenvalue weighted by Crippen LogP contribution is 2.27. The van der Waals surface area contributed by atoms with Crippen LogP contribution in [0.1, 0.15) is 23.2 Å². The molecule has 0 radical (unpaired) electrons. The molecular formula is C12H11ClN2O5. The number of carbonyl (C=O) groups excluding carboxylic acids is 1. The second kappa shape index (κ2) is 5.46. The molecule has 0 bridgehead atoms. The molecule has 1 aliphatic heterocycles. The highest BCUT2D eigenvalue weighted by Gasteiger charge is 2.35. The molecule has 0 aliphatic carbocycles. The molecule has 1 aliphatic rings. The first-order chi connectivity index (χ1) is 9.41. The Kier molecular flexibility index (Phi) is 3.89. The van der Waals surface area contributed by atoms with Gasteiger partial charge in [0.05, 0.1) is 15.5 Å². The van der Waals surface area contributed by atoms with E-state index in [4.69, 9.17) is 16.7 Å². The fraction of sp³-hybridized carbons (Fsp3) is 0.333. The van der Waals surface area contributed by atoms with Crippen LogP contribution in [-0.4, -0.2) is 39.4 Å². The van der Waals surface area contributed by atoms with Crippen molar-refractivity contribution < 1.29 is 19.6 Å². The molecule has 1 atom stereocenters. The average Bonchev–Trinajstić information content (AvgIpc) is 2.87. The van der Waals surface area contributed by atoms with Crippen LogP contribution in [-0.2, 0) is 4.79 Å². The third kappa shape index (κ3) is 2.57. The lowest BCUT2D eigenvalue weighted by Gasteiger charge is -2.21. The van der Waals surface area contributed by atoms with Crippen LogP contribution in [0.2, 0.25) is 5.02 Å². The van der Waals surface area contributed by atoms with Crippen LogP contribution in [0.5, 0.6) is 0 Å². The number of non-ortho nitro benzene ring substituents is 1. The zero-order valence-electron chi connectivity index (χ0n) is 10.3. The number of hydrogen-bond acceptors (Lipinski definition) is 4. The summed E-state index contributed by atoms with van der Waals surface area (Å²) < 4.78 is 0. The summed E-state index contributed by atoms with van der Waals surface area (Å²) >= 11 is 5.88. The maximum Gasteiger partial charge on any atom is 0.326 e. The van der Waals surface area contributed by atoms with Gasteiger partial charge in [0, 0.05) is 18.7 Å². The van der Waals surface area contributed by atoms with Gasteiger partial charge in [0.2, 0.25) is 0 Å². The van der Waals surface area contributed by atoms with Crippen LogP contribution >= 0.6 is 11.6 Å². The Morgan fingerprint density at radius 1 is 1.45 bits per heavy atom. The third-order valence-corrected chi connectivity index (χ3v) is 3.52. The average molecular weight is 299 g/mol. The van der Waals surface area contributed by atoms with E-state index in [1.807, 2.05) is 0 Å². The van der Waals surface area contributed by atoms with Crippen LogP contribution in [0.25, 0.3) is 0 Å². The van der Waals surface area contributed by atoms with Crippen LogP contribution in [0.15, 0.2) is 18.2 Å². The van der Waals surface area contributed by atoms with E-state index >= 15 is 0 Å². The van der Waals surface area contributed by atoms with Crippen LogP contribution < -0.4 is 0 Å². The molecule has 1 heterocycles. The number of carbonyl (C=O) groups is 2. The zero-order chi connectivity index (χ0) is 14.9. The van der Waals surface area contributed by atoms with E-state index in [0.717, 1.165) is 6.07 Å². The summed E-state index contributed by atoms with van der Waals surface area (Å²) in [5, 5.41) is 19.8. The van der Waals surface area contributed by atoms with Crippen molar-refractivity contribution in [2.75, 3.05) is 6.54 Å². The molecule has 0 saturated carbocycles. The largest absolute Gasteiger partial charge is 0.480 e. The smallest absolute Gasteiger partial charge is 0.326 e. The number of nitrogens with zero attached hydrogens (tertiary/aromatic N) is 2. The van der Waals surface area contributed by atoms with E-state index in [9.17, 15) is 19.7 Å². The van der Waals surface area contributed by atoms with E-state index in [1.54, 1.807) is 0 Å². The van der Waals surface area contributed by atoms with Gasteiger partial charge in [0.1, 0.15) is 6.04 Å². The number of carboxylic acids is 1. The van der Waals surface area contributed by atoms with Crippen LogP contribution in [0.4, 0.5) is 5.69 Å². The van der Waals surface area contributed by atoms with Gasteiger partial charge in [0.25, 0.3) is 11.6 Å². The van der Waals surface area contributed by atoms with Gasteiger partial charge in [-0.3, -0.25) is 14.9 Å². The Bertz CT molecular complexity index is 589. The highest BCUT2D eigenvalue weighted by atomic mass is 35.5. The van der Waals surface area contributed by atoms with Gasteiger partial charge in [-0.1, -0.05) is 11.6 Å². The topological polar surface area (TPSA) is 101 Å². The van der Waals surface area contributed by atoms with Gasteiger partial charge in [-0.2, -0.15) is 0 Å². The minimum Gasteiger partial charge on any atom is -0.480 e. The number of nitro groups is 1. The van der Waals surface area contributed by atoms with E-state index in [0.29, 0.717) is 19.4 Å². The van der Waals surface area contributed by atoms with Crippen LogP contribution in [0.3, 0.4) is 0 Å². The van der Waals surface area contributed by atoms with E-state index < -0.39 is 22.8 Å². The Balaban J connectivity index is 2.35. The molecule has 1 amide bonds. The van der Waals surface area contributed by atoms with Crippen molar-refractivity contribution in [3.63, 3.8) is 0 Å². The van der Waals surface area contributed by atoms with Crippen molar-refractivity contribution in [3.8, 4) is 0 Å². The molecule has 1 N–H and O–H groups in total. The Morgan fingerprint density at radius 3 is 2.75 bits per heavy atom. The first-order valence-electron chi connectivity index (χ1n) is 5.89. The molecule has 1 aromatic rings. The minimum atomic E-state index is -1.09. The van der Waals surface area contributed by atoms with Gasteiger partial charge in [-0.05, 0) is 18.9 Å². The number of carboxylic acid groups (broad SMARTS) is 1.